The Kier molecular flexibility index (Phi) is 5.86. The molecular formula is C19H24BrN. The molecule has 2 heteroatoms. The van der Waals surface area contributed by atoms with Crippen molar-refractivity contribution in [3.63, 3.8) is 0 Å². The van der Waals surface area contributed by atoms with Crippen molar-refractivity contribution in [2.24, 2.45) is 0 Å². The van der Waals surface area contributed by atoms with Crippen molar-refractivity contribution in [2.75, 3.05) is 5.32 Å². The lowest BCUT2D eigenvalue weighted by Gasteiger charge is -2.17. The molecule has 0 spiro atoms. The maximum absolute atomic E-state index is 3.57. The number of rotatable bonds is 6. The number of hydrogen-bond donors (Lipinski definition) is 1. The zero-order valence-electron chi connectivity index (χ0n) is 13.1. The molecule has 2 rings (SSSR count). The van der Waals surface area contributed by atoms with Crippen LogP contribution in [0.3, 0.4) is 0 Å². The second-order valence-corrected chi connectivity index (χ2v) is 6.53. The van der Waals surface area contributed by atoms with Gasteiger partial charge in [0, 0.05) is 16.2 Å². The van der Waals surface area contributed by atoms with Crippen molar-refractivity contribution < 1.29 is 0 Å². The molecule has 0 aliphatic heterocycles. The van der Waals surface area contributed by atoms with Crippen LogP contribution in [-0.2, 0) is 6.42 Å². The molecular weight excluding hydrogens is 322 g/mol. The van der Waals surface area contributed by atoms with Crippen LogP contribution in [0.15, 0.2) is 46.9 Å². The van der Waals surface area contributed by atoms with Crippen LogP contribution in [0.2, 0.25) is 0 Å². The summed E-state index contributed by atoms with van der Waals surface area (Å²) in [4.78, 5) is 0. The molecule has 1 nitrogen and oxygen atoms in total. The normalized spacial score (nSPS) is 12.2. The Labute approximate surface area is 136 Å². The maximum atomic E-state index is 3.57. The molecule has 0 bridgehead atoms. The van der Waals surface area contributed by atoms with E-state index in [4.69, 9.17) is 0 Å². The van der Waals surface area contributed by atoms with Crippen LogP contribution in [-0.4, -0.2) is 0 Å². The van der Waals surface area contributed by atoms with Crippen LogP contribution in [0.5, 0.6) is 0 Å². The topological polar surface area (TPSA) is 12.0 Å². The van der Waals surface area contributed by atoms with Crippen LogP contribution >= 0.6 is 15.9 Å². The number of benzene rings is 2. The van der Waals surface area contributed by atoms with Gasteiger partial charge in [0.05, 0.1) is 0 Å². The lowest BCUT2D eigenvalue weighted by atomic mass is 10.0. The Morgan fingerprint density at radius 1 is 1.10 bits per heavy atom. The minimum absolute atomic E-state index is 0.311. The summed E-state index contributed by atoms with van der Waals surface area (Å²) in [6.45, 7) is 6.56. The SMILES string of the molecule is CCCCc1ccc(C(C)Nc2ccc(Br)c(C)c2)cc1. The van der Waals surface area contributed by atoms with Gasteiger partial charge in [0.2, 0.25) is 0 Å². The molecule has 0 amide bonds. The van der Waals surface area contributed by atoms with E-state index in [2.05, 4.69) is 84.5 Å². The van der Waals surface area contributed by atoms with Gasteiger partial charge in [-0.15, -0.1) is 0 Å². The first kappa shape index (κ1) is 16.1. The van der Waals surface area contributed by atoms with E-state index < -0.39 is 0 Å². The highest BCUT2D eigenvalue weighted by atomic mass is 79.9. The van der Waals surface area contributed by atoms with Gasteiger partial charge in [-0.05, 0) is 61.6 Å². The summed E-state index contributed by atoms with van der Waals surface area (Å²) in [5, 5.41) is 3.57. The molecule has 0 radical (unpaired) electrons. The van der Waals surface area contributed by atoms with Crippen molar-refractivity contribution in [1.29, 1.82) is 0 Å². The first-order valence-corrected chi connectivity index (χ1v) is 8.51. The van der Waals surface area contributed by atoms with Crippen LogP contribution < -0.4 is 5.32 Å². The van der Waals surface area contributed by atoms with Gasteiger partial charge in [0.15, 0.2) is 0 Å². The molecule has 2 aromatic carbocycles. The van der Waals surface area contributed by atoms with E-state index in [-0.39, 0.29) is 0 Å². The number of aryl methyl sites for hydroxylation is 2. The fraction of sp³-hybridized carbons (Fsp3) is 0.368. The Bertz CT molecular complexity index is 575. The highest BCUT2D eigenvalue weighted by Crippen LogP contribution is 2.24. The lowest BCUT2D eigenvalue weighted by molar-refractivity contribution is 0.793. The van der Waals surface area contributed by atoms with Gasteiger partial charge in [-0.3, -0.25) is 0 Å². The summed E-state index contributed by atoms with van der Waals surface area (Å²) in [5.74, 6) is 0. The second kappa shape index (κ2) is 7.65. The largest absolute Gasteiger partial charge is 0.379 e. The molecule has 0 saturated carbocycles. The van der Waals surface area contributed by atoms with E-state index in [1.54, 1.807) is 0 Å². The highest BCUT2D eigenvalue weighted by Gasteiger charge is 2.06. The van der Waals surface area contributed by atoms with Gasteiger partial charge in [-0.1, -0.05) is 53.5 Å². The fourth-order valence-corrected chi connectivity index (χ4v) is 2.67. The van der Waals surface area contributed by atoms with Crippen LogP contribution in [0, 0.1) is 6.92 Å². The Hall–Kier alpha value is -1.28. The number of hydrogen-bond acceptors (Lipinski definition) is 1. The maximum Gasteiger partial charge on any atom is 0.0485 e. The monoisotopic (exact) mass is 345 g/mol. The van der Waals surface area contributed by atoms with E-state index in [9.17, 15) is 0 Å². The van der Waals surface area contributed by atoms with Gasteiger partial charge in [0.25, 0.3) is 0 Å². The average molecular weight is 346 g/mol. The summed E-state index contributed by atoms with van der Waals surface area (Å²) in [7, 11) is 0. The first-order valence-electron chi connectivity index (χ1n) is 7.71. The van der Waals surface area contributed by atoms with Gasteiger partial charge in [0.1, 0.15) is 0 Å². The van der Waals surface area contributed by atoms with E-state index in [1.807, 2.05) is 0 Å². The standard InChI is InChI=1S/C19H24BrN/c1-4-5-6-16-7-9-17(10-8-16)15(3)21-18-11-12-19(20)14(2)13-18/h7-13,15,21H,4-6H2,1-3H3. The molecule has 0 aromatic heterocycles. The third kappa shape index (κ3) is 4.60. The molecule has 0 aliphatic rings. The average Bonchev–Trinajstić information content (AvgIpc) is 2.49. The first-order chi connectivity index (χ1) is 10.1. The summed E-state index contributed by atoms with van der Waals surface area (Å²) < 4.78 is 1.15. The highest BCUT2D eigenvalue weighted by molar-refractivity contribution is 9.10. The van der Waals surface area contributed by atoms with Crippen molar-refractivity contribution >= 4 is 21.6 Å². The van der Waals surface area contributed by atoms with Crippen molar-refractivity contribution in [3.05, 3.63) is 63.6 Å². The zero-order valence-corrected chi connectivity index (χ0v) is 14.7. The van der Waals surface area contributed by atoms with E-state index in [0.29, 0.717) is 6.04 Å². The zero-order chi connectivity index (χ0) is 15.2. The molecule has 0 heterocycles. The number of nitrogens with one attached hydrogen (secondary N) is 1. The Morgan fingerprint density at radius 3 is 2.43 bits per heavy atom. The van der Waals surface area contributed by atoms with Gasteiger partial charge < -0.3 is 5.32 Å². The van der Waals surface area contributed by atoms with Crippen LogP contribution in [0.1, 0.15) is 49.4 Å². The third-order valence-electron chi connectivity index (χ3n) is 3.84. The molecule has 112 valence electrons. The quantitative estimate of drug-likeness (QED) is 0.650. The van der Waals surface area contributed by atoms with Crippen molar-refractivity contribution in [1.82, 2.24) is 0 Å². The third-order valence-corrected chi connectivity index (χ3v) is 4.73. The lowest BCUT2D eigenvalue weighted by Crippen LogP contribution is -2.06. The van der Waals surface area contributed by atoms with Gasteiger partial charge in [-0.2, -0.15) is 0 Å². The van der Waals surface area contributed by atoms with E-state index in [1.165, 1.54) is 41.6 Å². The molecule has 0 saturated heterocycles. The minimum atomic E-state index is 0.311. The number of unbranched alkanes of at least 4 members (excludes halogenated alkanes) is 1. The van der Waals surface area contributed by atoms with Crippen LogP contribution in [0.25, 0.3) is 0 Å². The minimum Gasteiger partial charge on any atom is -0.379 e. The van der Waals surface area contributed by atoms with E-state index >= 15 is 0 Å². The Morgan fingerprint density at radius 2 is 1.81 bits per heavy atom. The number of halogens is 1. The predicted octanol–water partition coefficient (Wildman–Crippen LogP) is 6.27. The van der Waals surface area contributed by atoms with Gasteiger partial charge in [-0.25, -0.2) is 0 Å². The van der Waals surface area contributed by atoms with Crippen molar-refractivity contribution in [2.45, 2.75) is 46.1 Å². The number of anilines is 1. The van der Waals surface area contributed by atoms with Gasteiger partial charge >= 0.3 is 0 Å². The summed E-state index contributed by atoms with van der Waals surface area (Å²) in [5.41, 5.74) is 5.18. The smallest absolute Gasteiger partial charge is 0.0485 e. The molecule has 2 aromatic rings. The summed E-state index contributed by atoms with van der Waals surface area (Å²) >= 11 is 3.54. The summed E-state index contributed by atoms with van der Waals surface area (Å²) in [6, 6.07) is 15.7. The molecule has 21 heavy (non-hydrogen) atoms. The summed E-state index contributed by atoms with van der Waals surface area (Å²) in [6.07, 6.45) is 3.71. The molecule has 0 aliphatic carbocycles. The fourth-order valence-electron chi connectivity index (χ4n) is 2.42. The van der Waals surface area contributed by atoms with Crippen LogP contribution in [0.4, 0.5) is 5.69 Å². The second-order valence-electron chi connectivity index (χ2n) is 5.68. The Balaban J connectivity index is 2.02. The van der Waals surface area contributed by atoms with Crippen molar-refractivity contribution in [3.8, 4) is 0 Å². The molecule has 1 atom stereocenters. The predicted molar refractivity (Wildman–Crippen MR) is 96.0 cm³/mol. The van der Waals surface area contributed by atoms with E-state index in [0.717, 1.165) is 4.47 Å². The molecule has 0 fully saturated rings. The molecule has 1 N–H and O–H groups in total. The molecule has 1 unspecified atom stereocenters.